The first-order chi connectivity index (χ1) is 8.67. The monoisotopic (exact) mass is 254 g/mol. The van der Waals surface area contributed by atoms with Gasteiger partial charge in [-0.2, -0.15) is 0 Å². The third-order valence-corrected chi connectivity index (χ3v) is 2.46. The van der Waals surface area contributed by atoms with E-state index in [-0.39, 0.29) is 12.7 Å². The average Bonchev–Trinajstić information content (AvgIpc) is 2.37. The van der Waals surface area contributed by atoms with Gasteiger partial charge in [-0.1, -0.05) is 6.07 Å². The lowest BCUT2D eigenvalue weighted by molar-refractivity contribution is 0.0139. The molecule has 4 heteroatoms. The standard InChI is InChI=1S/C14H22O4/c1-11(2)18-7-6-17-10-13-8-12(9-15)4-5-14(13)16-3/h4-5,8,11,15H,6-7,9-10H2,1-3H3. The molecule has 0 radical (unpaired) electrons. The van der Waals surface area contributed by atoms with Gasteiger partial charge in [0.1, 0.15) is 5.75 Å². The summed E-state index contributed by atoms with van der Waals surface area (Å²) in [6.07, 6.45) is 0.223. The Bertz CT molecular complexity index is 350. The lowest BCUT2D eigenvalue weighted by Crippen LogP contribution is -2.09. The van der Waals surface area contributed by atoms with Gasteiger partial charge >= 0.3 is 0 Å². The minimum atomic E-state index is 0.0213. The Hall–Kier alpha value is -1.10. The third kappa shape index (κ3) is 5.04. The maximum atomic E-state index is 9.09. The maximum absolute atomic E-state index is 9.09. The van der Waals surface area contributed by atoms with E-state index in [1.54, 1.807) is 7.11 Å². The van der Waals surface area contributed by atoms with Crippen molar-refractivity contribution in [3.05, 3.63) is 29.3 Å². The second kappa shape index (κ2) is 8.08. The molecule has 0 aromatic heterocycles. The van der Waals surface area contributed by atoms with Gasteiger partial charge in [0.05, 0.1) is 39.6 Å². The lowest BCUT2D eigenvalue weighted by Gasteiger charge is -2.11. The predicted octanol–water partition coefficient (Wildman–Crippen LogP) is 2.13. The number of aliphatic hydroxyl groups excluding tert-OH is 1. The molecule has 0 saturated heterocycles. The zero-order valence-electron chi connectivity index (χ0n) is 11.3. The van der Waals surface area contributed by atoms with E-state index in [0.717, 1.165) is 16.9 Å². The number of rotatable bonds is 8. The van der Waals surface area contributed by atoms with Crippen molar-refractivity contribution in [2.45, 2.75) is 33.2 Å². The van der Waals surface area contributed by atoms with Crippen molar-refractivity contribution in [3.8, 4) is 5.75 Å². The van der Waals surface area contributed by atoms with Crippen LogP contribution in [-0.4, -0.2) is 31.5 Å². The highest BCUT2D eigenvalue weighted by Gasteiger charge is 2.04. The number of aliphatic hydroxyl groups is 1. The van der Waals surface area contributed by atoms with Crippen LogP contribution in [0.25, 0.3) is 0 Å². The fraction of sp³-hybridized carbons (Fsp3) is 0.571. The zero-order chi connectivity index (χ0) is 13.4. The molecule has 1 aromatic carbocycles. The van der Waals surface area contributed by atoms with Crippen LogP contribution in [0.2, 0.25) is 0 Å². The van der Waals surface area contributed by atoms with Crippen molar-refractivity contribution in [2.75, 3.05) is 20.3 Å². The van der Waals surface area contributed by atoms with Crippen LogP contribution in [0, 0.1) is 0 Å². The van der Waals surface area contributed by atoms with Crippen LogP contribution in [0.15, 0.2) is 18.2 Å². The Morgan fingerprint density at radius 3 is 2.61 bits per heavy atom. The number of hydrogen-bond donors (Lipinski definition) is 1. The van der Waals surface area contributed by atoms with E-state index in [9.17, 15) is 0 Å². The predicted molar refractivity (Wildman–Crippen MR) is 69.7 cm³/mol. The number of benzene rings is 1. The molecular formula is C14H22O4. The topological polar surface area (TPSA) is 47.9 Å². The van der Waals surface area contributed by atoms with Gasteiger partial charge in [0.25, 0.3) is 0 Å². The van der Waals surface area contributed by atoms with Gasteiger partial charge in [0, 0.05) is 5.56 Å². The van der Waals surface area contributed by atoms with Gasteiger partial charge in [0.15, 0.2) is 0 Å². The van der Waals surface area contributed by atoms with Crippen LogP contribution < -0.4 is 4.74 Å². The normalized spacial score (nSPS) is 10.9. The second-order valence-electron chi connectivity index (χ2n) is 4.28. The molecule has 18 heavy (non-hydrogen) atoms. The summed E-state index contributed by atoms with van der Waals surface area (Å²) >= 11 is 0. The molecule has 0 aliphatic rings. The van der Waals surface area contributed by atoms with Gasteiger partial charge in [-0.05, 0) is 31.5 Å². The maximum Gasteiger partial charge on any atom is 0.124 e. The highest BCUT2D eigenvalue weighted by atomic mass is 16.5. The van der Waals surface area contributed by atoms with E-state index in [2.05, 4.69) is 0 Å². The molecule has 0 amide bonds. The fourth-order valence-corrected chi connectivity index (χ4v) is 1.57. The van der Waals surface area contributed by atoms with Gasteiger partial charge in [-0.25, -0.2) is 0 Å². The average molecular weight is 254 g/mol. The summed E-state index contributed by atoms with van der Waals surface area (Å²) in [7, 11) is 1.62. The minimum absolute atomic E-state index is 0.0213. The van der Waals surface area contributed by atoms with Crippen molar-refractivity contribution in [3.63, 3.8) is 0 Å². The van der Waals surface area contributed by atoms with Crippen LogP contribution in [0.5, 0.6) is 5.75 Å². The van der Waals surface area contributed by atoms with Crippen molar-refractivity contribution >= 4 is 0 Å². The Kier molecular flexibility index (Phi) is 6.72. The quantitative estimate of drug-likeness (QED) is 0.722. The molecule has 102 valence electrons. The van der Waals surface area contributed by atoms with Crippen LogP contribution in [0.4, 0.5) is 0 Å². The molecule has 0 aliphatic carbocycles. The zero-order valence-corrected chi connectivity index (χ0v) is 11.3. The summed E-state index contributed by atoms with van der Waals surface area (Å²) in [6.45, 7) is 5.60. The Morgan fingerprint density at radius 2 is 2.00 bits per heavy atom. The number of methoxy groups -OCH3 is 1. The molecule has 0 bridgehead atoms. The van der Waals surface area contributed by atoms with Gasteiger partial charge in [-0.3, -0.25) is 0 Å². The van der Waals surface area contributed by atoms with Crippen molar-refractivity contribution in [1.82, 2.24) is 0 Å². The molecule has 4 nitrogen and oxygen atoms in total. The highest BCUT2D eigenvalue weighted by molar-refractivity contribution is 5.36. The van der Waals surface area contributed by atoms with E-state index in [0.29, 0.717) is 19.8 Å². The Morgan fingerprint density at radius 1 is 1.22 bits per heavy atom. The number of ether oxygens (including phenoxy) is 3. The minimum Gasteiger partial charge on any atom is -0.496 e. The molecule has 1 aromatic rings. The first-order valence-corrected chi connectivity index (χ1v) is 6.13. The Balaban J connectivity index is 2.44. The van der Waals surface area contributed by atoms with E-state index in [1.165, 1.54) is 0 Å². The van der Waals surface area contributed by atoms with Crippen LogP contribution in [-0.2, 0) is 22.7 Å². The number of hydrogen-bond acceptors (Lipinski definition) is 4. The van der Waals surface area contributed by atoms with E-state index < -0.39 is 0 Å². The molecule has 0 fully saturated rings. The van der Waals surface area contributed by atoms with E-state index >= 15 is 0 Å². The molecule has 1 N–H and O–H groups in total. The highest BCUT2D eigenvalue weighted by Crippen LogP contribution is 2.20. The van der Waals surface area contributed by atoms with Crippen molar-refractivity contribution in [2.24, 2.45) is 0 Å². The van der Waals surface area contributed by atoms with E-state index in [4.69, 9.17) is 19.3 Å². The molecule has 0 saturated carbocycles. The van der Waals surface area contributed by atoms with Gasteiger partial charge < -0.3 is 19.3 Å². The summed E-state index contributed by atoms with van der Waals surface area (Å²) in [5.74, 6) is 0.775. The SMILES string of the molecule is COc1ccc(CO)cc1COCCOC(C)C. The lowest BCUT2D eigenvalue weighted by atomic mass is 10.1. The van der Waals surface area contributed by atoms with Crippen LogP contribution >= 0.6 is 0 Å². The summed E-state index contributed by atoms with van der Waals surface area (Å²) in [4.78, 5) is 0. The molecule has 0 aliphatic heterocycles. The van der Waals surface area contributed by atoms with Crippen molar-refractivity contribution in [1.29, 1.82) is 0 Å². The second-order valence-corrected chi connectivity index (χ2v) is 4.28. The molecule has 1 rings (SSSR count). The van der Waals surface area contributed by atoms with Crippen LogP contribution in [0.1, 0.15) is 25.0 Å². The smallest absolute Gasteiger partial charge is 0.124 e. The summed E-state index contributed by atoms with van der Waals surface area (Å²) in [5, 5.41) is 9.09. The Labute approximate surface area is 108 Å². The molecule has 0 unspecified atom stereocenters. The fourth-order valence-electron chi connectivity index (χ4n) is 1.57. The molecule has 0 atom stereocenters. The van der Waals surface area contributed by atoms with Crippen LogP contribution in [0.3, 0.4) is 0 Å². The van der Waals surface area contributed by atoms with Crippen molar-refractivity contribution < 1.29 is 19.3 Å². The molecule has 0 heterocycles. The van der Waals surface area contributed by atoms with Gasteiger partial charge in [0.2, 0.25) is 0 Å². The van der Waals surface area contributed by atoms with Gasteiger partial charge in [-0.15, -0.1) is 0 Å². The molecular weight excluding hydrogens is 232 g/mol. The summed E-state index contributed by atoms with van der Waals surface area (Å²) in [5.41, 5.74) is 1.79. The summed E-state index contributed by atoms with van der Waals surface area (Å²) < 4.78 is 16.2. The summed E-state index contributed by atoms with van der Waals surface area (Å²) in [6, 6.07) is 5.57. The first kappa shape index (κ1) is 15.0. The first-order valence-electron chi connectivity index (χ1n) is 6.13. The van der Waals surface area contributed by atoms with E-state index in [1.807, 2.05) is 32.0 Å². The molecule has 0 spiro atoms. The third-order valence-electron chi connectivity index (χ3n) is 2.46. The largest absolute Gasteiger partial charge is 0.496 e.